The molecule has 6 nitrogen and oxygen atoms in total. The number of carbonyl (C=O) groups is 3. The summed E-state index contributed by atoms with van der Waals surface area (Å²) in [4.78, 5) is 45.6. The summed E-state index contributed by atoms with van der Waals surface area (Å²) in [5.74, 6) is -1.12. The van der Waals surface area contributed by atoms with Gasteiger partial charge < -0.3 is 15.0 Å². The lowest BCUT2D eigenvalue weighted by Crippen LogP contribution is -2.51. The standard InChI is InChI=1S/C34H26N2O4/c1-40-24-18-15-23(16-19-24)31(37)29-30(32(38)22-10-3-2-4-11-22)36-27-14-8-5-9-21(27)17-20-28(36)34(29)25-12-6-7-13-26(25)35-33(34)39/h2-20,28-30H,1H3,(H,35,39)/t28-,29+,30+,34+/m1/s1. The number of para-hydroxylation sites is 2. The first-order valence-electron chi connectivity index (χ1n) is 13.3. The highest BCUT2D eigenvalue weighted by Crippen LogP contribution is 2.58. The normalized spacial score (nSPS) is 23.8. The molecule has 3 heterocycles. The van der Waals surface area contributed by atoms with Crippen LogP contribution in [0.4, 0.5) is 11.4 Å². The molecule has 1 amide bonds. The summed E-state index contributed by atoms with van der Waals surface area (Å²) in [5, 5.41) is 3.06. The largest absolute Gasteiger partial charge is 0.497 e. The first kappa shape index (κ1) is 24.1. The van der Waals surface area contributed by atoms with Gasteiger partial charge in [-0.1, -0.05) is 78.9 Å². The zero-order chi connectivity index (χ0) is 27.4. The molecule has 4 aromatic rings. The minimum atomic E-state index is -1.33. The first-order chi connectivity index (χ1) is 19.6. The van der Waals surface area contributed by atoms with Gasteiger partial charge in [0.25, 0.3) is 0 Å². The molecule has 4 atom stereocenters. The number of fused-ring (bicyclic) bond motifs is 6. The van der Waals surface area contributed by atoms with Crippen molar-refractivity contribution in [2.24, 2.45) is 5.92 Å². The highest BCUT2D eigenvalue weighted by atomic mass is 16.5. The van der Waals surface area contributed by atoms with Gasteiger partial charge in [-0.15, -0.1) is 0 Å². The minimum absolute atomic E-state index is 0.198. The van der Waals surface area contributed by atoms with Crippen molar-refractivity contribution in [2.45, 2.75) is 17.5 Å². The third-order valence-corrected chi connectivity index (χ3v) is 8.53. The fourth-order valence-corrected chi connectivity index (χ4v) is 6.83. The summed E-state index contributed by atoms with van der Waals surface area (Å²) in [6, 6.07) is 29.7. The van der Waals surface area contributed by atoms with Crippen molar-refractivity contribution < 1.29 is 19.1 Å². The van der Waals surface area contributed by atoms with Crippen LogP contribution in [-0.4, -0.2) is 36.7 Å². The molecular weight excluding hydrogens is 500 g/mol. The second-order valence-corrected chi connectivity index (χ2v) is 10.4. The van der Waals surface area contributed by atoms with Crippen LogP contribution < -0.4 is 15.0 Å². The Morgan fingerprint density at radius 3 is 2.25 bits per heavy atom. The van der Waals surface area contributed by atoms with Crippen LogP contribution in [-0.2, 0) is 10.2 Å². The van der Waals surface area contributed by atoms with E-state index < -0.39 is 23.4 Å². The van der Waals surface area contributed by atoms with Gasteiger partial charge in [0.15, 0.2) is 11.6 Å². The third-order valence-electron chi connectivity index (χ3n) is 8.53. The third kappa shape index (κ3) is 3.26. The van der Waals surface area contributed by atoms with Crippen molar-refractivity contribution in [3.05, 3.63) is 131 Å². The van der Waals surface area contributed by atoms with Crippen molar-refractivity contribution in [1.29, 1.82) is 0 Å². The zero-order valence-corrected chi connectivity index (χ0v) is 21.8. The lowest BCUT2D eigenvalue weighted by molar-refractivity contribution is -0.121. The molecule has 3 aliphatic rings. The van der Waals surface area contributed by atoms with Gasteiger partial charge in [0, 0.05) is 22.5 Å². The van der Waals surface area contributed by atoms with E-state index in [1.54, 1.807) is 43.5 Å². The van der Waals surface area contributed by atoms with Gasteiger partial charge in [-0.25, -0.2) is 0 Å². The number of carbonyl (C=O) groups excluding carboxylic acids is 3. The van der Waals surface area contributed by atoms with E-state index in [0.717, 1.165) is 16.8 Å². The number of benzene rings is 4. The second-order valence-electron chi connectivity index (χ2n) is 10.4. The van der Waals surface area contributed by atoms with Gasteiger partial charge in [0.2, 0.25) is 5.91 Å². The quantitative estimate of drug-likeness (QED) is 0.345. The molecule has 4 aromatic carbocycles. The smallest absolute Gasteiger partial charge is 0.238 e. The number of methoxy groups -OCH3 is 1. The molecule has 0 saturated carbocycles. The monoisotopic (exact) mass is 526 g/mol. The molecule has 1 fully saturated rings. The van der Waals surface area contributed by atoms with Crippen molar-refractivity contribution >= 4 is 34.9 Å². The lowest BCUT2D eigenvalue weighted by Gasteiger charge is -2.37. The van der Waals surface area contributed by atoms with E-state index in [2.05, 4.69) is 5.32 Å². The molecule has 6 heteroatoms. The van der Waals surface area contributed by atoms with Gasteiger partial charge in [-0.05, 0) is 47.5 Å². The van der Waals surface area contributed by atoms with Crippen molar-refractivity contribution in [1.82, 2.24) is 0 Å². The molecule has 1 saturated heterocycles. The number of ketones is 2. The van der Waals surface area contributed by atoms with E-state index in [9.17, 15) is 14.4 Å². The van der Waals surface area contributed by atoms with E-state index >= 15 is 0 Å². The Bertz CT molecular complexity index is 1690. The van der Waals surface area contributed by atoms with Crippen molar-refractivity contribution in [2.75, 3.05) is 17.3 Å². The average molecular weight is 527 g/mol. The molecule has 0 aromatic heterocycles. The summed E-state index contributed by atoms with van der Waals surface area (Å²) in [6.07, 6.45) is 3.98. The molecule has 3 aliphatic heterocycles. The summed E-state index contributed by atoms with van der Waals surface area (Å²) in [7, 11) is 1.57. The number of rotatable bonds is 5. The molecule has 196 valence electrons. The fraction of sp³-hybridized carbons (Fsp3) is 0.147. The number of nitrogens with one attached hydrogen (secondary N) is 1. The lowest BCUT2D eigenvalue weighted by atomic mass is 9.64. The van der Waals surface area contributed by atoms with Crippen LogP contribution in [0.2, 0.25) is 0 Å². The molecule has 0 radical (unpaired) electrons. The number of ether oxygens (including phenoxy) is 1. The van der Waals surface area contributed by atoms with Gasteiger partial charge in [0.05, 0.1) is 19.1 Å². The van der Waals surface area contributed by atoms with Crippen molar-refractivity contribution in [3.8, 4) is 5.75 Å². The molecular formula is C34H26N2O4. The Labute approximate surface area is 231 Å². The van der Waals surface area contributed by atoms with Crippen LogP contribution in [0.1, 0.15) is 31.8 Å². The summed E-state index contributed by atoms with van der Waals surface area (Å²) < 4.78 is 5.32. The number of amides is 1. The summed E-state index contributed by atoms with van der Waals surface area (Å²) in [6.45, 7) is 0. The van der Waals surface area contributed by atoms with E-state index in [4.69, 9.17) is 4.74 Å². The molecule has 1 spiro atoms. The summed E-state index contributed by atoms with van der Waals surface area (Å²) >= 11 is 0. The van der Waals surface area contributed by atoms with Crippen LogP contribution >= 0.6 is 0 Å². The van der Waals surface area contributed by atoms with E-state index in [1.807, 2.05) is 83.8 Å². The number of hydrogen-bond donors (Lipinski definition) is 1. The van der Waals surface area contributed by atoms with Crippen LogP contribution in [0.5, 0.6) is 5.75 Å². The Kier molecular flexibility index (Phi) is 5.46. The van der Waals surface area contributed by atoms with Gasteiger partial charge in [0.1, 0.15) is 17.2 Å². The molecule has 40 heavy (non-hydrogen) atoms. The topological polar surface area (TPSA) is 75.7 Å². The maximum atomic E-state index is 14.7. The molecule has 1 N–H and O–H groups in total. The Morgan fingerprint density at radius 1 is 0.800 bits per heavy atom. The van der Waals surface area contributed by atoms with Crippen LogP contribution in [0.3, 0.4) is 0 Å². The molecule has 0 bridgehead atoms. The molecule has 0 unspecified atom stereocenters. The Morgan fingerprint density at radius 2 is 1.48 bits per heavy atom. The van der Waals surface area contributed by atoms with Gasteiger partial charge in [-0.2, -0.15) is 0 Å². The molecule has 7 rings (SSSR count). The Balaban J connectivity index is 1.52. The fourth-order valence-electron chi connectivity index (χ4n) is 6.83. The van der Waals surface area contributed by atoms with Crippen molar-refractivity contribution in [3.63, 3.8) is 0 Å². The predicted molar refractivity (Wildman–Crippen MR) is 154 cm³/mol. The average Bonchev–Trinajstić information content (AvgIpc) is 3.49. The maximum absolute atomic E-state index is 14.7. The highest BCUT2D eigenvalue weighted by Gasteiger charge is 2.70. The SMILES string of the molecule is COc1ccc(C(=O)[C@@H]2[C@@H](C(=O)c3ccccc3)N3c4ccccc4C=C[C@@H]3[C@]23C(=O)Nc2ccccc23)cc1. The minimum Gasteiger partial charge on any atom is -0.497 e. The van der Waals surface area contributed by atoms with E-state index in [0.29, 0.717) is 22.6 Å². The number of anilines is 2. The van der Waals surface area contributed by atoms with Gasteiger partial charge >= 0.3 is 0 Å². The van der Waals surface area contributed by atoms with Crippen LogP contribution in [0, 0.1) is 5.92 Å². The zero-order valence-electron chi connectivity index (χ0n) is 21.8. The highest BCUT2D eigenvalue weighted by molar-refractivity contribution is 6.18. The predicted octanol–water partition coefficient (Wildman–Crippen LogP) is 5.55. The summed E-state index contributed by atoms with van der Waals surface area (Å²) in [5.41, 5.74) is 2.75. The van der Waals surface area contributed by atoms with E-state index in [1.165, 1.54) is 0 Å². The molecule has 0 aliphatic carbocycles. The van der Waals surface area contributed by atoms with E-state index in [-0.39, 0.29) is 17.5 Å². The van der Waals surface area contributed by atoms with Crippen LogP contribution in [0.25, 0.3) is 6.08 Å². The van der Waals surface area contributed by atoms with Crippen LogP contribution in [0.15, 0.2) is 109 Å². The Hall–Kier alpha value is -4.97. The maximum Gasteiger partial charge on any atom is 0.238 e. The number of hydrogen-bond acceptors (Lipinski definition) is 5. The number of nitrogens with zero attached hydrogens (tertiary/aromatic N) is 1. The van der Waals surface area contributed by atoms with Gasteiger partial charge in [-0.3, -0.25) is 14.4 Å². The first-order valence-corrected chi connectivity index (χ1v) is 13.3. The second kappa shape index (κ2) is 9.06. The number of Topliss-reactive ketones (excluding diaryl/α,β-unsaturated/α-hetero) is 2.